The molecule has 0 bridgehead atoms. The number of benzene rings is 2. The molecule has 12 heteroatoms. The van der Waals surface area contributed by atoms with Crippen LogP contribution in [0, 0.1) is 0 Å². The fourth-order valence-electron chi connectivity index (χ4n) is 3.99. The summed E-state index contributed by atoms with van der Waals surface area (Å²) in [6, 6.07) is 15.9. The van der Waals surface area contributed by atoms with E-state index in [1.807, 2.05) is 17.5 Å². The molecule has 39 heavy (non-hydrogen) atoms. The van der Waals surface area contributed by atoms with E-state index in [2.05, 4.69) is 9.71 Å². The molecule has 0 radical (unpaired) electrons. The van der Waals surface area contributed by atoms with E-state index in [0.717, 1.165) is 4.88 Å². The molecule has 2 aromatic carbocycles. The number of sulfonamides is 1. The molecule has 0 aliphatic rings. The van der Waals surface area contributed by atoms with Crippen LogP contribution in [0.2, 0.25) is 0 Å². The molecule has 4 aromatic rings. The highest BCUT2D eigenvalue weighted by atomic mass is 32.2. The number of ether oxygens (including phenoxy) is 1. The van der Waals surface area contributed by atoms with Gasteiger partial charge >= 0.3 is 5.97 Å². The van der Waals surface area contributed by atoms with E-state index < -0.39 is 27.9 Å². The lowest BCUT2D eigenvalue weighted by Gasteiger charge is -2.28. The Morgan fingerprint density at radius 1 is 1.10 bits per heavy atom. The molecular weight excluding hydrogens is 542 g/mol. The van der Waals surface area contributed by atoms with Crippen LogP contribution in [0.15, 0.2) is 81.8 Å². The maximum Gasteiger partial charge on any atom is 0.306 e. The van der Waals surface area contributed by atoms with Gasteiger partial charge in [0.05, 0.1) is 24.5 Å². The molecule has 0 spiro atoms. The maximum absolute atomic E-state index is 13.9. The van der Waals surface area contributed by atoms with E-state index in [1.165, 1.54) is 46.6 Å². The monoisotopic (exact) mass is 569 g/mol. The third-order valence-electron chi connectivity index (χ3n) is 5.95. The predicted octanol–water partition coefficient (Wildman–Crippen LogP) is 3.51. The normalized spacial score (nSPS) is 12.2. The van der Waals surface area contributed by atoms with Crippen LogP contribution in [-0.4, -0.2) is 48.4 Å². The quantitative estimate of drug-likeness (QED) is 0.237. The highest BCUT2D eigenvalue weighted by Gasteiger charge is 2.32. The Kier molecular flexibility index (Phi) is 8.79. The van der Waals surface area contributed by atoms with Crippen LogP contribution in [0.4, 0.5) is 0 Å². The zero-order chi connectivity index (χ0) is 28.0. The van der Waals surface area contributed by atoms with Crippen molar-refractivity contribution in [1.82, 2.24) is 14.6 Å². The van der Waals surface area contributed by atoms with Gasteiger partial charge in [-0.1, -0.05) is 24.3 Å². The van der Waals surface area contributed by atoms with Gasteiger partial charge in [0.25, 0.3) is 0 Å². The Labute approximate surface area is 228 Å². The molecule has 204 valence electrons. The number of amides is 1. The van der Waals surface area contributed by atoms with Crippen molar-refractivity contribution in [3.8, 4) is 5.75 Å². The number of hydrogen-bond donors (Lipinski definition) is 3. The Hall–Kier alpha value is -4.00. The van der Waals surface area contributed by atoms with Crippen LogP contribution in [0.3, 0.4) is 0 Å². The maximum atomic E-state index is 13.9. The van der Waals surface area contributed by atoms with Crippen molar-refractivity contribution < 1.29 is 27.9 Å². The van der Waals surface area contributed by atoms with Crippen molar-refractivity contribution in [1.29, 1.82) is 0 Å². The number of rotatable bonds is 12. The Morgan fingerprint density at radius 2 is 1.90 bits per heavy atom. The van der Waals surface area contributed by atoms with Crippen molar-refractivity contribution >= 4 is 44.1 Å². The molecule has 3 N–H and O–H groups in total. The number of carbonyl (C=O) groups is 2. The number of nitrogens with one attached hydrogen (secondary N) is 2. The fourth-order valence-corrected chi connectivity index (χ4v) is 5.91. The number of aliphatic carboxylic acids is 1. The van der Waals surface area contributed by atoms with Gasteiger partial charge in [-0.3, -0.25) is 14.4 Å². The largest absolute Gasteiger partial charge is 0.493 e. The molecule has 0 saturated heterocycles. The van der Waals surface area contributed by atoms with Crippen LogP contribution in [0.25, 0.3) is 10.9 Å². The van der Waals surface area contributed by atoms with Crippen molar-refractivity contribution in [2.45, 2.75) is 30.8 Å². The summed E-state index contributed by atoms with van der Waals surface area (Å²) in [4.78, 5) is 41.6. The predicted molar refractivity (Wildman–Crippen MR) is 147 cm³/mol. The van der Waals surface area contributed by atoms with E-state index in [1.54, 1.807) is 31.2 Å². The number of fused-ring (bicyclic) bond motifs is 1. The van der Waals surface area contributed by atoms with E-state index in [-0.39, 0.29) is 41.3 Å². The van der Waals surface area contributed by atoms with Gasteiger partial charge in [-0.15, -0.1) is 11.3 Å². The van der Waals surface area contributed by atoms with Crippen LogP contribution >= 0.6 is 11.3 Å². The third-order valence-corrected chi connectivity index (χ3v) is 8.23. The van der Waals surface area contributed by atoms with E-state index in [0.29, 0.717) is 17.4 Å². The molecule has 0 unspecified atom stereocenters. The summed E-state index contributed by atoms with van der Waals surface area (Å²) in [6.45, 7) is 2.25. The van der Waals surface area contributed by atoms with Crippen LogP contribution in [0.5, 0.6) is 5.75 Å². The molecule has 2 aromatic heterocycles. The first kappa shape index (κ1) is 28.0. The Morgan fingerprint density at radius 3 is 2.62 bits per heavy atom. The molecule has 0 saturated carbocycles. The number of para-hydroxylation sites is 1. The number of pyridine rings is 1. The van der Waals surface area contributed by atoms with Crippen molar-refractivity contribution in [2.24, 2.45) is 0 Å². The molecule has 2 heterocycles. The lowest BCUT2D eigenvalue weighted by atomic mass is 10.0. The number of carboxylic acids is 1. The van der Waals surface area contributed by atoms with Gasteiger partial charge in [-0.05, 0) is 54.1 Å². The second-order valence-electron chi connectivity index (χ2n) is 8.59. The SMILES string of the molecule is CCN(Cc1cccs1)C(=O)[C@@H](NS(=O)(=O)c1ccc2[nH]c(=O)ccc2c1)c1ccccc1OCCC(=O)O. The van der Waals surface area contributed by atoms with Crippen molar-refractivity contribution in [2.75, 3.05) is 13.2 Å². The summed E-state index contributed by atoms with van der Waals surface area (Å²) in [6.07, 6.45) is -0.267. The number of aromatic amines is 1. The molecular formula is C27H27N3O7S2. The van der Waals surface area contributed by atoms with Gasteiger partial charge in [-0.2, -0.15) is 4.72 Å². The first-order valence-electron chi connectivity index (χ1n) is 12.1. The highest BCUT2D eigenvalue weighted by molar-refractivity contribution is 7.89. The number of thiophene rings is 1. The first-order valence-corrected chi connectivity index (χ1v) is 14.4. The van der Waals surface area contributed by atoms with Gasteiger partial charge < -0.3 is 19.7 Å². The molecule has 1 atom stereocenters. The van der Waals surface area contributed by atoms with Crippen LogP contribution < -0.4 is 15.0 Å². The standard InChI is InChI=1S/C27H27N3O7S2/c1-2-30(17-19-6-5-15-38-19)27(34)26(21-7-3-4-8-23(21)37-14-13-25(32)33)29-39(35,36)20-10-11-22-18(16-20)9-12-24(31)28-22/h3-12,15-16,26,29H,2,13-14,17H2,1H3,(H,28,31)(H,32,33)/t26-/m0/s1. The van der Waals surface area contributed by atoms with Gasteiger partial charge in [-0.25, -0.2) is 8.42 Å². The number of carboxylic acid groups (broad SMARTS) is 1. The number of likely N-dealkylation sites (N-methyl/N-ethyl adjacent to an activating group) is 1. The number of H-pyrrole nitrogens is 1. The number of aromatic nitrogens is 1. The van der Waals surface area contributed by atoms with E-state index >= 15 is 0 Å². The van der Waals surface area contributed by atoms with Crippen LogP contribution in [-0.2, 0) is 26.2 Å². The van der Waals surface area contributed by atoms with Gasteiger partial charge in [0, 0.05) is 28.6 Å². The van der Waals surface area contributed by atoms with Crippen molar-refractivity contribution in [3.63, 3.8) is 0 Å². The minimum Gasteiger partial charge on any atom is -0.493 e. The zero-order valence-corrected chi connectivity index (χ0v) is 22.6. The lowest BCUT2D eigenvalue weighted by molar-refractivity contribution is -0.137. The van der Waals surface area contributed by atoms with Gasteiger partial charge in [0.2, 0.25) is 21.5 Å². The number of nitrogens with zero attached hydrogens (tertiary/aromatic N) is 1. The second kappa shape index (κ2) is 12.2. The number of carbonyl (C=O) groups excluding carboxylic acids is 1. The average Bonchev–Trinajstić information content (AvgIpc) is 3.43. The van der Waals surface area contributed by atoms with Crippen molar-refractivity contribution in [3.05, 3.63) is 92.9 Å². The molecule has 4 rings (SSSR count). The summed E-state index contributed by atoms with van der Waals surface area (Å²) < 4.78 is 35.4. The molecule has 1 amide bonds. The van der Waals surface area contributed by atoms with E-state index in [9.17, 15) is 22.8 Å². The molecule has 0 fully saturated rings. The smallest absolute Gasteiger partial charge is 0.306 e. The topological polar surface area (TPSA) is 146 Å². The zero-order valence-electron chi connectivity index (χ0n) is 21.0. The third kappa shape index (κ3) is 6.91. The van der Waals surface area contributed by atoms with Gasteiger partial charge in [0.15, 0.2) is 0 Å². The van der Waals surface area contributed by atoms with Crippen LogP contribution in [0.1, 0.15) is 29.8 Å². The average molecular weight is 570 g/mol. The fraction of sp³-hybridized carbons (Fsp3) is 0.222. The lowest BCUT2D eigenvalue weighted by Crippen LogP contribution is -2.42. The molecule has 0 aliphatic heterocycles. The van der Waals surface area contributed by atoms with Gasteiger partial charge in [0.1, 0.15) is 11.8 Å². The Balaban J connectivity index is 1.73. The highest BCUT2D eigenvalue weighted by Crippen LogP contribution is 2.30. The minimum absolute atomic E-state index is 0.0922. The van der Waals surface area contributed by atoms with E-state index in [4.69, 9.17) is 9.84 Å². The summed E-state index contributed by atoms with van der Waals surface area (Å²) in [5, 5.41) is 11.4. The Bertz CT molecular complexity index is 1630. The second-order valence-corrected chi connectivity index (χ2v) is 11.3. The minimum atomic E-state index is -4.25. The molecule has 10 nitrogen and oxygen atoms in total. The molecule has 0 aliphatic carbocycles. The summed E-state index contributed by atoms with van der Waals surface area (Å²) in [5.74, 6) is -1.34. The summed E-state index contributed by atoms with van der Waals surface area (Å²) in [7, 11) is -4.25. The summed E-state index contributed by atoms with van der Waals surface area (Å²) >= 11 is 1.48. The summed E-state index contributed by atoms with van der Waals surface area (Å²) in [5.41, 5.74) is 0.414. The first-order chi connectivity index (χ1) is 18.7. The number of hydrogen-bond acceptors (Lipinski definition) is 7.